The maximum Gasteiger partial charge on any atom is 0.0232 e. The van der Waals surface area contributed by atoms with Crippen molar-refractivity contribution in [1.29, 1.82) is 0 Å². The minimum Gasteiger partial charge on any atom is -0.302 e. The molecule has 1 heterocycles. The highest BCUT2D eigenvalue weighted by Crippen LogP contribution is 2.30. The third kappa shape index (κ3) is 1.34. The zero-order chi connectivity index (χ0) is 8.55. The Balaban J connectivity index is 2.26. The first-order chi connectivity index (χ1) is 5.77. The van der Waals surface area contributed by atoms with Crippen LogP contribution in [0.3, 0.4) is 0 Å². The summed E-state index contributed by atoms with van der Waals surface area (Å²) in [6, 6.07) is 0. The normalized spacial score (nSPS) is 25.3. The van der Waals surface area contributed by atoms with Crippen molar-refractivity contribution < 1.29 is 0 Å². The van der Waals surface area contributed by atoms with Crippen molar-refractivity contribution in [2.75, 3.05) is 20.1 Å². The molecule has 1 heteroatoms. The van der Waals surface area contributed by atoms with Gasteiger partial charge in [0.1, 0.15) is 0 Å². The number of hydrogen-bond donors (Lipinski definition) is 0. The van der Waals surface area contributed by atoms with E-state index in [9.17, 15) is 0 Å². The molecule has 1 fully saturated rings. The van der Waals surface area contributed by atoms with Crippen molar-refractivity contribution in [3.8, 4) is 0 Å². The topological polar surface area (TPSA) is 3.24 Å². The Labute approximate surface area is 74.8 Å². The molecule has 1 aliphatic carbocycles. The first kappa shape index (κ1) is 8.06. The minimum atomic E-state index is 1.18. The summed E-state index contributed by atoms with van der Waals surface area (Å²) < 4.78 is 0. The van der Waals surface area contributed by atoms with Crippen LogP contribution in [0.2, 0.25) is 0 Å². The molecular weight excluding hydrogens is 146 g/mol. The molecule has 0 atom stereocenters. The summed E-state index contributed by atoms with van der Waals surface area (Å²) in [6.07, 6.45) is 6.26. The number of rotatable bonds is 0. The van der Waals surface area contributed by atoms with E-state index in [4.69, 9.17) is 0 Å². The van der Waals surface area contributed by atoms with E-state index in [2.05, 4.69) is 24.9 Å². The molecule has 1 nitrogen and oxygen atoms in total. The fourth-order valence-corrected chi connectivity index (χ4v) is 2.16. The van der Waals surface area contributed by atoms with Gasteiger partial charge >= 0.3 is 0 Å². The molecular formula is C11H17N. The van der Waals surface area contributed by atoms with E-state index in [1.165, 1.54) is 32.4 Å². The molecule has 12 heavy (non-hydrogen) atoms. The number of likely N-dealkylation sites (N-methyl/N-ethyl adjacent to an activating group) is 1. The number of likely N-dealkylation sites (tertiary alicyclic amines) is 1. The van der Waals surface area contributed by atoms with Gasteiger partial charge in [0.15, 0.2) is 0 Å². The zero-order valence-electron chi connectivity index (χ0n) is 8.06. The molecule has 0 spiro atoms. The lowest BCUT2D eigenvalue weighted by Crippen LogP contribution is -2.29. The van der Waals surface area contributed by atoms with Gasteiger partial charge < -0.3 is 4.90 Å². The van der Waals surface area contributed by atoms with E-state index in [-0.39, 0.29) is 0 Å². The highest BCUT2D eigenvalue weighted by Gasteiger charge is 2.19. The molecule has 0 N–H and O–H groups in total. The highest BCUT2D eigenvalue weighted by atomic mass is 15.1. The first-order valence-corrected chi connectivity index (χ1v) is 4.84. The van der Waals surface area contributed by atoms with Gasteiger partial charge in [-0.2, -0.15) is 0 Å². The molecule has 2 aliphatic rings. The van der Waals surface area contributed by atoms with Crippen molar-refractivity contribution >= 4 is 0 Å². The summed E-state index contributed by atoms with van der Waals surface area (Å²) >= 11 is 0. The van der Waals surface area contributed by atoms with Crippen LogP contribution < -0.4 is 0 Å². The predicted molar refractivity (Wildman–Crippen MR) is 52.1 cm³/mol. The van der Waals surface area contributed by atoms with E-state index in [0.29, 0.717) is 0 Å². The molecule has 0 radical (unpaired) electrons. The van der Waals surface area contributed by atoms with Crippen molar-refractivity contribution in [1.82, 2.24) is 4.90 Å². The molecule has 0 saturated carbocycles. The number of allylic oxidation sites excluding steroid dienone is 2. The summed E-state index contributed by atoms with van der Waals surface area (Å²) in [5, 5.41) is 0. The molecule has 2 rings (SSSR count). The maximum absolute atomic E-state index is 2.44. The predicted octanol–water partition coefficient (Wildman–Crippen LogP) is 2.36. The van der Waals surface area contributed by atoms with E-state index < -0.39 is 0 Å². The summed E-state index contributed by atoms with van der Waals surface area (Å²) in [7, 11) is 2.21. The average molecular weight is 163 g/mol. The Morgan fingerprint density at radius 2 is 2.17 bits per heavy atom. The van der Waals surface area contributed by atoms with Gasteiger partial charge in [-0.15, -0.1) is 0 Å². The highest BCUT2D eigenvalue weighted by molar-refractivity contribution is 5.40. The maximum atomic E-state index is 2.44. The van der Waals surface area contributed by atoms with Crippen LogP contribution >= 0.6 is 0 Å². The third-order valence-electron chi connectivity index (χ3n) is 3.00. The van der Waals surface area contributed by atoms with E-state index in [0.717, 1.165) is 0 Å². The molecule has 0 unspecified atom stereocenters. The lowest BCUT2D eigenvalue weighted by atomic mass is 9.87. The zero-order valence-corrected chi connectivity index (χ0v) is 8.06. The van der Waals surface area contributed by atoms with Gasteiger partial charge in [-0.3, -0.25) is 0 Å². The van der Waals surface area contributed by atoms with Crippen LogP contribution in [0.1, 0.15) is 26.2 Å². The quantitative estimate of drug-likeness (QED) is 0.530. The van der Waals surface area contributed by atoms with Crippen molar-refractivity contribution in [3.05, 3.63) is 22.8 Å². The van der Waals surface area contributed by atoms with Crippen LogP contribution in [0.4, 0.5) is 0 Å². The monoisotopic (exact) mass is 163 g/mol. The second-order valence-corrected chi connectivity index (χ2v) is 4.01. The molecule has 0 bridgehead atoms. The summed E-state index contributed by atoms with van der Waals surface area (Å²) in [5.74, 6) is 0. The third-order valence-corrected chi connectivity index (χ3v) is 3.00. The SMILES string of the molecule is CC1=C2CN(C)CCC2=CCC1. The van der Waals surface area contributed by atoms with Gasteiger partial charge in [-0.05, 0) is 44.4 Å². The molecule has 0 aromatic rings. The van der Waals surface area contributed by atoms with Crippen molar-refractivity contribution in [2.45, 2.75) is 26.2 Å². The second kappa shape index (κ2) is 3.06. The van der Waals surface area contributed by atoms with Gasteiger partial charge in [0.2, 0.25) is 0 Å². The second-order valence-electron chi connectivity index (χ2n) is 4.01. The largest absolute Gasteiger partial charge is 0.302 e. The van der Waals surface area contributed by atoms with Crippen LogP contribution in [0, 0.1) is 0 Å². The molecule has 0 aromatic carbocycles. The lowest BCUT2D eigenvalue weighted by molar-refractivity contribution is 0.344. The molecule has 0 amide bonds. The lowest BCUT2D eigenvalue weighted by Gasteiger charge is -2.30. The number of piperidine rings is 1. The van der Waals surface area contributed by atoms with Crippen LogP contribution in [-0.4, -0.2) is 25.0 Å². The Bertz CT molecular complexity index is 248. The molecule has 1 aliphatic heterocycles. The van der Waals surface area contributed by atoms with E-state index in [1.54, 1.807) is 16.7 Å². The number of hydrogen-bond acceptors (Lipinski definition) is 1. The van der Waals surface area contributed by atoms with Crippen LogP contribution in [0.25, 0.3) is 0 Å². The Morgan fingerprint density at radius 1 is 1.33 bits per heavy atom. The minimum absolute atomic E-state index is 1.18. The Hall–Kier alpha value is -0.560. The molecule has 66 valence electrons. The fourth-order valence-electron chi connectivity index (χ4n) is 2.16. The Morgan fingerprint density at radius 3 is 3.00 bits per heavy atom. The van der Waals surface area contributed by atoms with Crippen molar-refractivity contribution in [2.24, 2.45) is 0 Å². The van der Waals surface area contributed by atoms with Gasteiger partial charge in [0.05, 0.1) is 0 Å². The standard InChI is InChI=1S/C11H17N/c1-9-4-3-5-10-6-7-12(2)8-11(9)10/h5H,3-4,6-8H2,1-2H3. The van der Waals surface area contributed by atoms with E-state index in [1.807, 2.05) is 0 Å². The summed E-state index contributed by atoms with van der Waals surface area (Å²) in [4.78, 5) is 2.42. The number of fused-ring (bicyclic) bond motifs is 1. The van der Waals surface area contributed by atoms with Gasteiger partial charge in [-0.25, -0.2) is 0 Å². The van der Waals surface area contributed by atoms with Crippen molar-refractivity contribution in [3.63, 3.8) is 0 Å². The average Bonchev–Trinajstić information content (AvgIpc) is 2.07. The smallest absolute Gasteiger partial charge is 0.0232 e. The van der Waals surface area contributed by atoms with Gasteiger partial charge in [0.25, 0.3) is 0 Å². The first-order valence-electron chi connectivity index (χ1n) is 4.84. The van der Waals surface area contributed by atoms with Gasteiger partial charge in [-0.1, -0.05) is 11.6 Å². The van der Waals surface area contributed by atoms with Crippen LogP contribution in [0.5, 0.6) is 0 Å². The summed E-state index contributed by atoms with van der Waals surface area (Å²) in [5.41, 5.74) is 4.89. The van der Waals surface area contributed by atoms with Crippen LogP contribution in [-0.2, 0) is 0 Å². The van der Waals surface area contributed by atoms with E-state index >= 15 is 0 Å². The molecule has 1 saturated heterocycles. The Kier molecular flexibility index (Phi) is 2.05. The summed E-state index contributed by atoms with van der Waals surface area (Å²) in [6.45, 7) is 4.71. The molecule has 0 aromatic heterocycles. The fraction of sp³-hybridized carbons (Fsp3) is 0.636. The van der Waals surface area contributed by atoms with Crippen LogP contribution in [0.15, 0.2) is 22.8 Å². The number of nitrogens with zero attached hydrogens (tertiary/aromatic N) is 1. The van der Waals surface area contributed by atoms with Gasteiger partial charge in [0, 0.05) is 13.1 Å².